The molecule has 0 aromatic carbocycles. The van der Waals surface area contributed by atoms with Crippen molar-refractivity contribution in [1.29, 1.82) is 0 Å². The quantitative estimate of drug-likeness (QED) is 0.843. The number of hydrogen-bond donors (Lipinski definition) is 1. The molecular weight excluding hydrogens is 216 g/mol. The van der Waals surface area contributed by atoms with Gasteiger partial charge in [-0.3, -0.25) is 0 Å². The molecule has 1 saturated heterocycles. The average Bonchev–Trinajstić information content (AvgIpc) is 2.73. The van der Waals surface area contributed by atoms with Gasteiger partial charge in [0.25, 0.3) is 0 Å². The van der Waals surface area contributed by atoms with Gasteiger partial charge in [-0.2, -0.15) is 4.98 Å². The summed E-state index contributed by atoms with van der Waals surface area (Å²) in [5.74, 6) is 2.16. The molecule has 0 saturated carbocycles. The summed E-state index contributed by atoms with van der Waals surface area (Å²) < 4.78 is 5.13. The molecule has 2 rings (SSSR count). The second kappa shape index (κ2) is 5.60. The van der Waals surface area contributed by atoms with Crippen LogP contribution in [0.3, 0.4) is 0 Å². The van der Waals surface area contributed by atoms with Crippen LogP contribution in [0.25, 0.3) is 0 Å². The van der Waals surface area contributed by atoms with Crippen molar-refractivity contribution in [3.05, 3.63) is 11.7 Å². The number of hydrogen-bond acceptors (Lipinski definition) is 5. The molecule has 0 spiro atoms. The zero-order valence-corrected chi connectivity index (χ0v) is 10.9. The third-order valence-corrected chi connectivity index (χ3v) is 3.31. The zero-order valence-electron chi connectivity index (χ0n) is 10.9. The first-order valence-corrected chi connectivity index (χ1v) is 6.40. The Kier molecular flexibility index (Phi) is 4.12. The summed E-state index contributed by atoms with van der Waals surface area (Å²) in [6.07, 6.45) is 0.853. The van der Waals surface area contributed by atoms with Crippen molar-refractivity contribution in [2.75, 3.05) is 26.2 Å². The smallest absolute Gasteiger partial charge is 0.227 e. The average molecular weight is 238 g/mol. The molecule has 5 heteroatoms. The molecule has 17 heavy (non-hydrogen) atoms. The summed E-state index contributed by atoms with van der Waals surface area (Å²) in [5.41, 5.74) is 0. The van der Waals surface area contributed by atoms with Crippen LogP contribution in [0.5, 0.6) is 0 Å². The third kappa shape index (κ3) is 3.51. The van der Waals surface area contributed by atoms with Gasteiger partial charge in [-0.1, -0.05) is 19.0 Å². The molecule has 5 nitrogen and oxygen atoms in total. The third-order valence-electron chi connectivity index (χ3n) is 3.31. The molecule has 1 aromatic rings. The summed E-state index contributed by atoms with van der Waals surface area (Å²) >= 11 is 0. The molecule has 1 N–H and O–H groups in total. The Hall–Kier alpha value is -0.940. The molecule has 1 fully saturated rings. The monoisotopic (exact) mass is 238 g/mol. The molecule has 96 valence electrons. The number of nitrogens with zero attached hydrogens (tertiary/aromatic N) is 3. The van der Waals surface area contributed by atoms with Gasteiger partial charge >= 0.3 is 0 Å². The predicted octanol–water partition coefficient (Wildman–Crippen LogP) is 0.850. The number of piperazine rings is 1. The number of aromatic nitrogens is 2. The van der Waals surface area contributed by atoms with E-state index in [-0.39, 0.29) is 0 Å². The van der Waals surface area contributed by atoms with Crippen LogP contribution in [0.4, 0.5) is 0 Å². The van der Waals surface area contributed by atoms with Gasteiger partial charge in [0, 0.05) is 38.6 Å². The van der Waals surface area contributed by atoms with Crippen LogP contribution in [0.15, 0.2) is 4.52 Å². The molecule has 1 aliphatic rings. The van der Waals surface area contributed by atoms with Crippen molar-refractivity contribution >= 4 is 0 Å². The van der Waals surface area contributed by atoms with Crippen molar-refractivity contribution in [3.63, 3.8) is 0 Å². The Labute approximate surface area is 103 Å². The lowest BCUT2D eigenvalue weighted by Gasteiger charge is -2.35. The molecule has 0 aliphatic carbocycles. The molecular formula is C12H22N4O. The predicted molar refractivity (Wildman–Crippen MR) is 65.8 cm³/mol. The topological polar surface area (TPSA) is 54.2 Å². The molecule has 1 aliphatic heterocycles. The molecule has 1 atom stereocenters. The van der Waals surface area contributed by atoms with E-state index in [1.165, 1.54) is 0 Å². The first kappa shape index (κ1) is 12.5. The van der Waals surface area contributed by atoms with E-state index in [4.69, 9.17) is 4.52 Å². The molecule has 0 radical (unpaired) electrons. The van der Waals surface area contributed by atoms with E-state index in [1.807, 2.05) is 6.92 Å². The van der Waals surface area contributed by atoms with Crippen molar-refractivity contribution in [2.24, 2.45) is 5.92 Å². The van der Waals surface area contributed by atoms with E-state index in [0.29, 0.717) is 12.0 Å². The van der Waals surface area contributed by atoms with Gasteiger partial charge in [-0.05, 0) is 12.8 Å². The first-order chi connectivity index (χ1) is 8.15. The number of nitrogens with one attached hydrogen (secondary N) is 1. The molecule has 1 unspecified atom stereocenters. The number of rotatable bonds is 4. The van der Waals surface area contributed by atoms with Gasteiger partial charge in [0.05, 0.1) is 0 Å². The zero-order chi connectivity index (χ0) is 12.3. The van der Waals surface area contributed by atoms with Gasteiger partial charge in [0.1, 0.15) is 0 Å². The van der Waals surface area contributed by atoms with Crippen LogP contribution >= 0.6 is 0 Å². The minimum Gasteiger partial charge on any atom is -0.339 e. The van der Waals surface area contributed by atoms with E-state index in [1.54, 1.807) is 0 Å². The Morgan fingerprint density at radius 1 is 1.53 bits per heavy atom. The van der Waals surface area contributed by atoms with Gasteiger partial charge in [-0.15, -0.1) is 0 Å². The van der Waals surface area contributed by atoms with Gasteiger partial charge in [0.2, 0.25) is 5.89 Å². The lowest BCUT2D eigenvalue weighted by molar-refractivity contribution is 0.172. The first-order valence-electron chi connectivity index (χ1n) is 6.40. The highest BCUT2D eigenvalue weighted by molar-refractivity contribution is 4.86. The van der Waals surface area contributed by atoms with Crippen molar-refractivity contribution in [2.45, 2.75) is 33.2 Å². The van der Waals surface area contributed by atoms with E-state index >= 15 is 0 Å². The van der Waals surface area contributed by atoms with Crippen molar-refractivity contribution in [1.82, 2.24) is 20.4 Å². The van der Waals surface area contributed by atoms with Crippen LogP contribution in [0.1, 0.15) is 25.6 Å². The Bertz CT molecular complexity index is 350. The fourth-order valence-electron chi connectivity index (χ4n) is 2.19. The Morgan fingerprint density at radius 2 is 2.35 bits per heavy atom. The Balaban J connectivity index is 1.79. The van der Waals surface area contributed by atoms with Crippen molar-refractivity contribution < 1.29 is 4.52 Å². The largest absolute Gasteiger partial charge is 0.339 e. The molecule has 0 amide bonds. The highest BCUT2D eigenvalue weighted by Crippen LogP contribution is 2.09. The normalized spacial score (nSPS) is 22.2. The highest BCUT2D eigenvalue weighted by Gasteiger charge is 2.21. The molecule has 1 aromatic heterocycles. The number of aryl methyl sites for hydroxylation is 1. The van der Waals surface area contributed by atoms with Crippen LogP contribution in [-0.2, 0) is 6.42 Å². The Morgan fingerprint density at radius 3 is 3.00 bits per heavy atom. The van der Waals surface area contributed by atoms with Gasteiger partial charge < -0.3 is 14.7 Å². The van der Waals surface area contributed by atoms with Gasteiger partial charge in [0.15, 0.2) is 5.82 Å². The van der Waals surface area contributed by atoms with E-state index in [2.05, 4.69) is 34.2 Å². The summed E-state index contributed by atoms with van der Waals surface area (Å²) in [4.78, 5) is 6.70. The van der Waals surface area contributed by atoms with Crippen LogP contribution in [0.2, 0.25) is 0 Å². The SMILES string of the molecule is Cc1noc(CCN2CCNC(C(C)C)C2)n1. The maximum atomic E-state index is 5.13. The highest BCUT2D eigenvalue weighted by atomic mass is 16.5. The second-order valence-electron chi connectivity index (χ2n) is 5.09. The van der Waals surface area contributed by atoms with Crippen LogP contribution in [-0.4, -0.2) is 47.3 Å². The van der Waals surface area contributed by atoms with Gasteiger partial charge in [-0.25, -0.2) is 0 Å². The van der Waals surface area contributed by atoms with Crippen LogP contribution < -0.4 is 5.32 Å². The van der Waals surface area contributed by atoms with E-state index in [0.717, 1.165) is 44.3 Å². The van der Waals surface area contributed by atoms with Crippen LogP contribution in [0, 0.1) is 12.8 Å². The maximum Gasteiger partial charge on any atom is 0.227 e. The minimum absolute atomic E-state index is 0.605. The summed E-state index contributed by atoms with van der Waals surface area (Å²) in [7, 11) is 0. The molecule has 0 bridgehead atoms. The van der Waals surface area contributed by atoms with Crippen molar-refractivity contribution in [3.8, 4) is 0 Å². The minimum atomic E-state index is 0.605. The molecule has 2 heterocycles. The van der Waals surface area contributed by atoms with E-state index < -0.39 is 0 Å². The lowest BCUT2D eigenvalue weighted by atomic mass is 10.0. The fourth-order valence-corrected chi connectivity index (χ4v) is 2.19. The summed E-state index contributed by atoms with van der Waals surface area (Å²) in [6, 6.07) is 0.605. The maximum absolute atomic E-state index is 5.13. The fraction of sp³-hybridized carbons (Fsp3) is 0.833. The lowest BCUT2D eigenvalue weighted by Crippen LogP contribution is -2.53. The summed E-state index contributed by atoms with van der Waals surface area (Å²) in [6.45, 7) is 10.7. The van der Waals surface area contributed by atoms with E-state index in [9.17, 15) is 0 Å². The second-order valence-corrected chi connectivity index (χ2v) is 5.09. The summed E-state index contributed by atoms with van der Waals surface area (Å²) in [5, 5.41) is 7.36. The standard InChI is InChI=1S/C12H22N4O/c1-9(2)11-8-16(7-5-13-11)6-4-12-14-10(3)15-17-12/h9,11,13H,4-8H2,1-3H3.